The van der Waals surface area contributed by atoms with E-state index in [-0.39, 0.29) is 5.56 Å². The van der Waals surface area contributed by atoms with Gasteiger partial charge in [0.25, 0.3) is 0 Å². The van der Waals surface area contributed by atoms with Crippen LogP contribution in [-0.4, -0.2) is 21.0 Å². The van der Waals surface area contributed by atoms with E-state index in [1.807, 2.05) is 12.1 Å². The van der Waals surface area contributed by atoms with E-state index >= 15 is 0 Å². The SMILES string of the molecule is Cc1nc(Nc2ccc(C(C)C)cc2)cc(Nc2ccccc2C(=O)O)n1. The molecule has 6 nitrogen and oxygen atoms in total. The molecule has 0 fully saturated rings. The highest BCUT2D eigenvalue weighted by atomic mass is 16.4. The van der Waals surface area contributed by atoms with Crippen molar-refractivity contribution in [2.45, 2.75) is 26.7 Å². The molecular weight excluding hydrogens is 340 g/mol. The van der Waals surface area contributed by atoms with Gasteiger partial charge in [-0.1, -0.05) is 38.1 Å². The fraction of sp³-hybridized carbons (Fsp3) is 0.190. The molecule has 0 bridgehead atoms. The molecule has 0 atom stereocenters. The molecule has 0 spiro atoms. The van der Waals surface area contributed by atoms with Gasteiger partial charge in [0.05, 0.1) is 11.3 Å². The summed E-state index contributed by atoms with van der Waals surface area (Å²) in [5.74, 6) is 1.22. The molecule has 0 aliphatic carbocycles. The Bertz CT molecular complexity index is 953. The van der Waals surface area contributed by atoms with Crippen molar-refractivity contribution in [3.05, 3.63) is 71.5 Å². The van der Waals surface area contributed by atoms with Crippen LogP contribution in [0.1, 0.15) is 41.5 Å². The van der Waals surface area contributed by atoms with Crippen LogP contribution < -0.4 is 10.6 Å². The topological polar surface area (TPSA) is 87.1 Å². The maximum atomic E-state index is 11.4. The largest absolute Gasteiger partial charge is 0.478 e. The third-order valence-electron chi connectivity index (χ3n) is 4.11. The third kappa shape index (κ3) is 4.61. The van der Waals surface area contributed by atoms with Crippen LogP contribution in [0.15, 0.2) is 54.6 Å². The smallest absolute Gasteiger partial charge is 0.337 e. The van der Waals surface area contributed by atoms with Gasteiger partial charge in [-0.2, -0.15) is 0 Å². The molecule has 6 heteroatoms. The van der Waals surface area contributed by atoms with Crippen molar-refractivity contribution in [2.75, 3.05) is 10.6 Å². The van der Waals surface area contributed by atoms with Crippen LogP contribution in [-0.2, 0) is 0 Å². The second kappa shape index (κ2) is 7.86. The quantitative estimate of drug-likeness (QED) is 0.566. The number of aromatic carboxylic acids is 1. The number of aromatic nitrogens is 2. The molecule has 0 unspecified atom stereocenters. The fourth-order valence-electron chi connectivity index (χ4n) is 2.71. The second-order valence-electron chi connectivity index (χ2n) is 6.56. The molecule has 0 radical (unpaired) electrons. The van der Waals surface area contributed by atoms with E-state index in [4.69, 9.17) is 0 Å². The lowest BCUT2D eigenvalue weighted by atomic mass is 10.0. The fourth-order valence-corrected chi connectivity index (χ4v) is 2.71. The van der Waals surface area contributed by atoms with E-state index in [0.29, 0.717) is 29.1 Å². The van der Waals surface area contributed by atoms with Gasteiger partial charge in [0.15, 0.2) is 0 Å². The molecule has 1 heterocycles. The van der Waals surface area contributed by atoms with Gasteiger partial charge < -0.3 is 15.7 Å². The summed E-state index contributed by atoms with van der Waals surface area (Å²) in [7, 11) is 0. The number of para-hydroxylation sites is 1. The number of aryl methyl sites for hydroxylation is 1. The van der Waals surface area contributed by atoms with Gasteiger partial charge >= 0.3 is 5.97 Å². The lowest BCUT2D eigenvalue weighted by Crippen LogP contribution is -2.05. The van der Waals surface area contributed by atoms with E-state index in [2.05, 4.69) is 46.6 Å². The van der Waals surface area contributed by atoms with Crippen LogP contribution in [0.4, 0.5) is 23.0 Å². The first-order valence-electron chi connectivity index (χ1n) is 8.74. The summed E-state index contributed by atoms with van der Waals surface area (Å²) in [5, 5.41) is 15.7. The van der Waals surface area contributed by atoms with Crippen LogP contribution >= 0.6 is 0 Å². The number of benzene rings is 2. The van der Waals surface area contributed by atoms with Gasteiger partial charge in [-0.25, -0.2) is 14.8 Å². The zero-order valence-corrected chi connectivity index (χ0v) is 15.5. The minimum atomic E-state index is -0.993. The molecule has 0 aliphatic heterocycles. The molecule has 0 amide bonds. The Morgan fingerprint density at radius 2 is 1.59 bits per heavy atom. The molecule has 0 aliphatic rings. The van der Waals surface area contributed by atoms with Crippen molar-refractivity contribution in [1.29, 1.82) is 0 Å². The number of nitrogens with zero attached hydrogens (tertiary/aromatic N) is 2. The van der Waals surface area contributed by atoms with Gasteiger partial charge in [-0.15, -0.1) is 0 Å². The zero-order chi connectivity index (χ0) is 19.4. The molecule has 1 aromatic heterocycles. The van der Waals surface area contributed by atoms with E-state index in [0.717, 1.165) is 5.69 Å². The Morgan fingerprint density at radius 3 is 2.22 bits per heavy atom. The maximum absolute atomic E-state index is 11.4. The van der Waals surface area contributed by atoms with Gasteiger partial charge in [0.2, 0.25) is 0 Å². The summed E-state index contributed by atoms with van der Waals surface area (Å²) >= 11 is 0. The number of rotatable bonds is 6. The Morgan fingerprint density at radius 1 is 0.963 bits per heavy atom. The minimum absolute atomic E-state index is 0.188. The summed E-state index contributed by atoms with van der Waals surface area (Å²) in [4.78, 5) is 20.1. The highest BCUT2D eigenvalue weighted by Gasteiger charge is 2.11. The number of hydrogen-bond donors (Lipinski definition) is 3. The molecule has 3 N–H and O–H groups in total. The van der Waals surface area contributed by atoms with Crippen molar-refractivity contribution in [2.24, 2.45) is 0 Å². The van der Waals surface area contributed by atoms with Crippen molar-refractivity contribution >= 4 is 29.0 Å². The molecular formula is C21H22N4O2. The number of nitrogens with one attached hydrogen (secondary N) is 2. The molecule has 3 aromatic rings. The lowest BCUT2D eigenvalue weighted by molar-refractivity contribution is 0.0698. The van der Waals surface area contributed by atoms with Crippen molar-refractivity contribution in [3.8, 4) is 0 Å². The minimum Gasteiger partial charge on any atom is -0.478 e. The third-order valence-corrected chi connectivity index (χ3v) is 4.11. The zero-order valence-electron chi connectivity index (χ0n) is 15.5. The number of hydrogen-bond acceptors (Lipinski definition) is 5. The van der Waals surface area contributed by atoms with Crippen LogP contribution in [0, 0.1) is 6.92 Å². The number of carboxylic acid groups (broad SMARTS) is 1. The average molecular weight is 362 g/mol. The van der Waals surface area contributed by atoms with Crippen LogP contribution in [0.3, 0.4) is 0 Å². The summed E-state index contributed by atoms with van der Waals surface area (Å²) in [6, 6.07) is 16.7. The first kappa shape index (κ1) is 18.4. The van der Waals surface area contributed by atoms with Crippen LogP contribution in [0.2, 0.25) is 0 Å². The molecule has 27 heavy (non-hydrogen) atoms. The van der Waals surface area contributed by atoms with Crippen LogP contribution in [0.5, 0.6) is 0 Å². The molecule has 138 valence electrons. The van der Waals surface area contributed by atoms with E-state index in [1.54, 1.807) is 37.3 Å². The first-order chi connectivity index (χ1) is 12.9. The van der Waals surface area contributed by atoms with E-state index in [9.17, 15) is 9.90 Å². The van der Waals surface area contributed by atoms with Crippen LogP contribution in [0.25, 0.3) is 0 Å². The molecule has 0 saturated carbocycles. The number of carboxylic acids is 1. The standard InChI is InChI=1S/C21H22N4O2/c1-13(2)15-8-10-16(11-9-15)24-19-12-20(23-14(3)22-19)25-18-7-5-4-6-17(18)21(26)27/h4-13H,1-3H3,(H,26,27)(H2,22,23,24,25). The number of anilines is 4. The highest BCUT2D eigenvalue weighted by Crippen LogP contribution is 2.24. The van der Waals surface area contributed by atoms with Crippen molar-refractivity contribution in [1.82, 2.24) is 9.97 Å². The monoisotopic (exact) mass is 362 g/mol. The van der Waals surface area contributed by atoms with Crippen molar-refractivity contribution in [3.63, 3.8) is 0 Å². The molecule has 2 aromatic carbocycles. The van der Waals surface area contributed by atoms with Gasteiger partial charge in [-0.05, 0) is 42.7 Å². The Labute approximate surface area is 158 Å². The summed E-state index contributed by atoms with van der Waals surface area (Å²) < 4.78 is 0. The molecule has 0 saturated heterocycles. The normalized spacial score (nSPS) is 10.7. The number of carbonyl (C=O) groups is 1. The van der Waals surface area contributed by atoms with E-state index < -0.39 is 5.97 Å². The Hall–Kier alpha value is -3.41. The Kier molecular flexibility index (Phi) is 5.35. The van der Waals surface area contributed by atoms with Gasteiger partial charge in [0.1, 0.15) is 17.5 Å². The highest BCUT2D eigenvalue weighted by molar-refractivity contribution is 5.95. The predicted molar refractivity (Wildman–Crippen MR) is 107 cm³/mol. The van der Waals surface area contributed by atoms with E-state index in [1.165, 1.54) is 5.56 Å². The van der Waals surface area contributed by atoms with Gasteiger partial charge in [0, 0.05) is 11.8 Å². The predicted octanol–water partition coefficient (Wildman–Crippen LogP) is 5.09. The maximum Gasteiger partial charge on any atom is 0.337 e. The first-order valence-corrected chi connectivity index (χ1v) is 8.74. The summed E-state index contributed by atoms with van der Waals surface area (Å²) in [5.41, 5.74) is 2.87. The average Bonchev–Trinajstić information content (AvgIpc) is 2.62. The summed E-state index contributed by atoms with van der Waals surface area (Å²) in [6.07, 6.45) is 0. The van der Waals surface area contributed by atoms with Gasteiger partial charge in [-0.3, -0.25) is 0 Å². The second-order valence-corrected chi connectivity index (χ2v) is 6.56. The lowest BCUT2D eigenvalue weighted by Gasteiger charge is -2.12. The summed E-state index contributed by atoms with van der Waals surface area (Å²) in [6.45, 7) is 6.10. The Balaban J connectivity index is 1.83. The van der Waals surface area contributed by atoms with Crippen molar-refractivity contribution < 1.29 is 9.90 Å². The molecule has 3 rings (SSSR count).